The summed E-state index contributed by atoms with van der Waals surface area (Å²) in [4.78, 5) is 24.3. The molecule has 0 aromatic heterocycles. The number of nitriles is 1. The quantitative estimate of drug-likeness (QED) is 0.798. The van der Waals surface area contributed by atoms with Gasteiger partial charge in [-0.05, 0) is 31.2 Å². The monoisotopic (exact) mass is 360 g/mol. The molecule has 0 aliphatic rings. The molecule has 1 N–H and O–H groups in total. The molecule has 2 rings (SSSR count). The molecule has 2 aromatic carbocycles. The Morgan fingerprint density at radius 3 is 2.46 bits per heavy atom. The van der Waals surface area contributed by atoms with Crippen molar-refractivity contribution in [2.75, 3.05) is 5.32 Å². The molecule has 0 saturated heterocycles. The summed E-state index contributed by atoms with van der Waals surface area (Å²) in [7, 11) is 0. The van der Waals surface area contributed by atoms with Crippen LogP contribution >= 0.6 is 0 Å². The molecule has 0 spiro atoms. The first kappa shape index (κ1) is 18.9. The number of hydrogen-bond acceptors (Lipinski definition) is 5. The molecule has 0 aliphatic heterocycles. The minimum absolute atomic E-state index is 0.232. The Morgan fingerprint density at radius 1 is 1.12 bits per heavy atom. The second-order valence-electron chi connectivity index (χ2n) is 5.07. The van der Waals surface area contributed by atoms with Crippen molar-refractivity contribution >= 4 is 17.6 Å². The Hall–Kier alpha value is -3.47. The number of anilines is 1. The summed E-state index contributed by atoms with van der Waals surface area (Å²) in [6, 6.07) is 13.5. The molecule has 0 aliphatic carbocycles. The zero-order valence-corrected chi connectivity index (χ0v) is 13.6. The molecule has 1 atom stereocenters. The molecule has 1 amide bonds. The van der Waals surface area contributed by atoms with E-state index in [2.05, 4.69) is 10.1 Å². The topological polar surface area (TPSA) is 88.4 Å². The van der Waals surface area contributed by atoms with Gasteiger partial charge in [0.2, 0.25) is 0 Å². The van der Waals surface area contributed by atoms with Crippen LogP contribution in [-0.4, -0.2) is 24.6 Å². The minimum Gasteiger partial charge on any atom is -0.449 e. The van der Waals surface area contributed by atoms with Gasteiger partial charge in [-0.1, -0.05) is 24.3 Å². The van der Waals surface area contributed by atoms with Gasteiger partial charge in [-0.25, -0.2) is 4.79 Å². The first-order valence-corrected chi connectivity index (χ1v) is 7.47. The van der Waals surface area contributed by atoms with Crippen LogP contribution in [0.15, 0.2) is 48.5 Å². The predicted octanol–water partition coefficient (Wildman–Crippen LogP) is 3.34. The molecule has 26 heavy (non-hydrogen) atoms. The van der Waals surface area contributed by atoms with Crippen LogP contribution < -0.4 is 10.1 Å². The molecule has 0 radical (unpaired) electrons. The van der Waals surface area contributed by atoms with E-state index in [0.29, 0.717) is 0 Å². The lowest BCUT2D eigenvalue weighted by Gasteiger charge is -2.15. The Morgan fingerprint density at radius 2 is 1.77 bits per heavy atom. The lowest BCUT2D eigenvalue weighted by Crippen LogP contribution is -2.30. The maximum atomic E-state index is 12.4. The van der Waals surface area contributed by atoms with E-state index in [0.717, 1.165) is 0 Å². The summed E-state index contributed by atoms with van der Waals surface area (Å²) >= 11 is 0. The molecule has 0 bridgehead atoms. The number of carbonyl (C=O) groups excluding carboxylic acids is 2. The van der Waals surface area contributed by atoms with Crippen LogP contribution in [0.3, 0.4) is 0 Å². The summed E-state index contributed by atoms with van der Waals surface area (Å²) < 4.78 is 34.1. The van der Waals surface area contributed by atoms with E-state index in [4.69, 9.17) is 10.00 Å². The van der Waals surface area contributed by atoms with Gasteiger partial charge in [-0.3, -0.25) is 4.79 Å². The summed E-state index contributed by atoms with van der Waals surface area (Å²) in [5.74, 6) is -2.01. The van der Waals surface area contributed by atoms with Crippen molar-refractivity contribution in [3.8, 4) is 11.8 Å². The van der Waals surface area contributed by atoms with E-state index in [1.807, 2.05) is 6.07 Å². The highest BCUT2D eigenvalue weighted by Gasteiger charge is 2.23. The third kappa shape index (κ3) is 4.77. The second kappa shape index (κ2) is 8.58. The van der Waals surface area contributed by atoms with Crippen molar-refractivity contribution in [2.24, 2.45) is 0 Å². The maximum Gasteiger partial charge on any atom is 0.387 e. The van der Waals surface area contributed by atoms with Crippen molar-refractivity contribution < 1.29 is 27.8 Å². The van der Waals surface area contributed by atoms with Crippen LogP contribution in [0.5, 0.6) is 5.75 Å². The van der Waals surface area contributed by atoms with Gasteiger partial charge in [0.15, 0.2) is 6.10 Å². The number of carbonyl (C=O) groups is 2. The van der Waals surface area contributed by atoms with Crippen LogP contribution in [0.4, 0.5) is 14.5 Å². The van der Waals surface area contributed by atoms with Crippen LogP contribution in [-0.2, 0) is 9.53 Å². The van der Waals surface area contributed by atoms with Crippen LogP contribution in [0.2, 0.25) is 0 Å². The molecular weight excluding hydrogens is 346 g/mol. The third-order valence-corrected chi connectivity index (χ3v) is 3.28. The number of nitrogens with one attached hydrogen (secondary N) is 1. The number of hydrogen-bond donors (Lipinski definition) is 1. The first-order chi connectivity index (χ1) is 12.4. The van der Waals surface area contributed by atoms with Gasteiger partial charge >= 0.3 is 12.6 Å². The van der Waals surface area contributed by atoms with Gasteiger partial charge in [0.05, 0.1) is 11.3 Å². The summed E-state index contributed by atoms with van der Waals surface area (Å²) in [5, 5.41) is 11.5. The van der Waals surface area contributed by atoms with E-state index in [9.17, 15) is 18.4 Å². The maximum absolute atomic E-state index is 12.4. The molecule has 134 valence electrons. The van der Waals surface area contributed by atoms with E-state index >= 15 is 0 Å². The Kier molecular flexibility index (Phi) is 6.22. The Labute approximate surface area is 148 Å². The minimum atomic E-state index is -3.10. The molecule has 0 fully saturated rings. The number of benzene rings is 2. The average Bonchev–Trinajstić information content (AvgIpc) is 2.62. The fraction of sp³-hybridized carbons (Fsp3) is 0.167. The smallest absolute Gasteiger partial charge is 0.387 e. The average molecular weight is 360 g/mol. The zero-order chi connectivity index (χ0) is 19.1. The first-order valence-electron chi connectivity index (χ1n) is 7.47. The van der Waals surface area contributed by atoms with Gasteiger partial charge in [0.1, 0.15) is 17.4 Å². The van der Waals surface area contributed by atoms with E-state index in [-0.39, 0.29) is 22.6 Å². The van der Waals surface area contributed by atoms with Gasteiger partial charge in [0.25, 0.3) is 5.91 Å². The lowest BCUT2D eigenvalue weighted by atomic mass is 10.2. The zero-order valence-electron chi connectivity index (χ0n) is 13.6. The lowest BCUT2D eigenvalue weighted by molar-refractivity contribution is -0.123. The molecular formula is C18H14F2N2O4. The van der Waals surface area contributed by atoms with Crippen LogP contribution in [0.1, 0.15) is 22.8 Å². The fourth-order valence-corrected chi connectivity index (χ4v) is 2.04. The van der Waals surface area contributed by atoms with Gasteiger partial charge < -0.3 is 14.8 Å². The third-order valence-electron chi connectivity index (χ3n) is 3.28. The fourth-order valence-electron chi connectivity index (χ4n) is 2.04. The number of nitrogens with zero attached hydrogens (tertiary/aromatic N) is 1. The molecule has 6 nitrogen and oxygen atoms in total. The van der Waals surface area contributed by atoms with Crippen molar-refractivity contribution in [3.63, 3.8) is 0 Å². The SMILES string of the molecule is CC(OC(=O)c1ccccc1OC(F)F)C(=O)Nc1ccccc1C#N. The molecule has 8 heteroatoms. The highest BCUT2D eigenvalue weighted by atomic mass is 19.3. The van der Waals surface area contributed by atoms with Gasteiger partial charge in [-0.15, -0.1) is 0 Å². The predicted molar refractivity (Wildman–Crippen MR) is 87.7 cm³/mol. The number of amides is 1. The number of esters is 1. The van der Waals surface area contributed by atoms with E-state index < -0.39 is 24.6 Å². The van der Waals surface area contributed by atoms with Crippen molar-refractivity contribution in [2.45, 2.75) is 19.6 Å². The number of halogens is 2. The standard InChI is InChI=1S/C18H14F2N2O4/c1-11(16(23)22-14-8-4-2-6-12(14)10-21)25-17(24)13-7-3-5-9-15(13)26-18(19)20/h2-9,11,18H,1H3,(H,22,23). The van der Waals surface area contributed by atoms with Gasteiger partial charge in [-0.2, -0.15) is 14.0 Å². The largest absolute Gasteiger partial charge is 0.449 e. The highest BCUT2D eigenvalue weighted by molar-refractivity contribution is 5.98. The van der Waals surface area contributed by atoms with Crippen LogP contribution in [0.25, 0.3) is 0 Å². The summed E-state index contributed by atoms with van der Waals surface area (Å²) in [6.45, 7) is -1.79. The summed E-state index contributed by atoms with van der Waals surface area (Å²) in [6.07, 6.45) is -1.23. The van der Waals surface area contributed by atoms with E-state index in [1.54, 1.807) is 12.1 Å². The highest BCUT2D eigenvalue weighted by Crippen LogP contribution is 2.22. The molecule has 1 unspecified atom stereocenters. The molecule has 0 saturated carbocycles. The second-order valence-corrected chi connectivity index (χ2v) is 5.07. The van der Waals surface area contributed by atoms with E-state index in [1.165, 1.54) is 43.3 Å². The van der Waals surface area contributed by atoms with Crippen molar-refractivity contribution in [1.29, 1.82) is 5.26 Å². The number of para-hydroxylation sites is 2. The molecule has 2 aromatic rings. The normalized spacial score (nSPS) is 11.3. The number of alkyl halides is 2. The Balaban J connectivity index is 2.07. The number of ether oxygens (including phenoxy) is 2. The Bertz CT molecular complexity index is 849. The van der Waals surface area contributed by atoms with Gasteiger partial charge in [0, 0.05) is 0 Å². The van der Waals surface area contributed by atoms with Crippen molar-refractivity contribution in [3.05, 3.63) is 59.7 Å². The van der Waals surface area contributed by atoms with Crippen molar-refractivity contribution in [1.82, 2.24) is 0 Å². The summed E-state index contributed by atoms with van der Waals surface area (Å²) in [5.41, 5.74) is 0.282. The van der Waals surface area contributed by atoms with Crippen LogP contribution in [0, 0.1) is 11.3 Å². The number of rotatable bonds is 6. The molecule has 0 heterocycles.